The molecule has 0 aliphatic carbocycles. The summed E-state index contributed by atoms with van der Waals surface area (Å²) in [5, 5.41) is 27.1. The largest absolute Gasteiger partial charge is 0.504 e. The molecule has 0 spiro atoms. The van der Waals surface area contributed by atoms with Gasteiger partial charge in [0.05, 0.1) is 11.9 Å². The number of carbonyl (C=O) groups excluding carboxylic acids is 1. The highest BCUT2D eigenvalue weighted by Gasteiger charge is 2.18. The number of benzene rings is 3. The zero-order valence-electron chi connectivity index (χ0n) is 15.7. The van der Waals surface area contributed by atoms with E-state index in [0.29, 0.717) is 11.4 Å². The molecule has 0 saturated heterocycles. The lowest BCUT2D eigenvalue weighted by Gasteiger charge is -2.05. The fourth-order valence-electron chi connectivity index (χ4n) is 2.77. The molecule has 30 heavy (non-hydrogen) atoms. The van der Waals surface area contributed by atoms with E-state index in [9.17, 15) is 15.0 Å². The number of phenols is 2. The standard InChI is InChI=1S/C22H17N5O3/c28-18-12-11-15(13-19(18)29)14-23-25-22(30)20-24-21(16-7-3-1-4-8-16)27(26-20)17-9-5-2-6-10-17/h1-14,28-29H,(H,25,30)/b23-14+. The molecule has 148 valence electrons. The third kappa shape index (κ3) is 4.02. The zero-order chi connectivity index (χ0) is 20.9. The summed E-state index contributed by atoms with van der Waals surface area (Å²) in [7, 11) is 0. The summed E-state index contributed by atoms with van der Waals surface area (Å²) in [6, 6.07) is 23.0. The minimum atomic E-state index is -0.582. The first-order valence-electron chi connectivity index (χ1n) is 9.05. The van der Waals surface area contributed by atoms with Crippen LogP contribution >= 0.6 is 0 Å². The van der Waals surface area contributed by atoms with Crippen LogP contribution in [0.15, 0.2) is 84.0 Å². The third-order valence-electron chi connectivity index (χ3n) is 4.22. The molecule has 8 heteroatoms. The molecule has 0 fully saturated rings. The van der Waals surface area contributed by atoms with E-state index in [4.69, 9.17) is 0 Å². The van der Waals surface area contributed by atoms with E-state index < -0.39 is 5.91 Å². The SMILES string of the molecule is O=C(N/N=C/c1ccc(O)c(O)c1)c1nc(-c2ccccc2)n(-c2ccccc2)n1. The smallest absolute Gasteiger partial charge is 0.311 e. The maximum atomic E-state index is 12.5. The molecule has 8 nitrogen and oxygen atoms in total. The Kier molecular flexibility index (Phi) is 5.21. The molecule has 1 amide bonds. The number of hydrazone groups is 1. The van der Waals surface area contributed by atoms with Gasteiger partial charge in [-0.3, -0.25) is 4.79 Å². The van der Waals surface area contributed by atoms with Crippen molar-refractivity contribution in [3.8, 4) is 28.6 Å². The van der Waals surface area contributed by atoms with Crippen LogP contribution in [-0.2, 0) is 0 Å². The lowest BCUT2D eigenvalue weighted by atomic mass is 10.2. The minimum absolute atomic E-state index is 0.0385. The molecular formula is C22H17N5O3. The second kappa shape index (κ2) is 8.27. The number of hydrogen-bond donors (Lipinski definition) is 3. The third-order valence-corrected chi connectivity index (χ3v) is 4.22. The van der Waals surface area contributed by atoms with Crippen molar-refractivity contribution in [2.24, 2.45) is 5.10 Å². The second-order valence-corrected chi connectivity index (χ2v) is 6.32. The van der Waals surface area contributed by atoms with Crippen molar-refractivity contribution in [2.45, 2.75) is 0 Å². The summed E-state index contributed by atoms with van der Waals surface area (Å²) in [6.07, 6.45) is 1.34. The van der Waals surface area contributed by atoms with Crippen molar-refractivity contribution in [1.82, 2.24) is 20.2 Å². The van der Waals surface area contributed by atoms with Gasteiger partial charge in [0, 0.05) is 5.56 Å². The molecule has 0 bridgehead atoms. The molecule has 0 radical (unpaired) electrons. The van der Waals surface area contributed by atoms with Crippen molar-refractivity contribution in [3.05, 3.63) is 90.3 Å². The highest BCUT2D eigenvalue weighted by Crippen LogP contribution is 2.24. The Hall–Kier alpha value is -4.46. The van der Waals surface area contributed by atoms with Gasteiger partial charge in [-0.25, -0.2) is 15.1 Å². The van der Waals surface area contributed by atoms with Crippen LogP contribution in [0.5, 0.6) is 11.5 Å². The van der Waals surface area contributed by atoms with Gasteiger partial charge in [-0.1, -0.05) is 48.5 Å². The molecule has 0 saturated carbocycles. The number of amides is 1. The van der Waals surface area contributed by atoms with E-state index in [2.05, 4.69) is 20.6 Å². The van der Waals surface area contributed by atoms with Gasteiger partial charge in [-0.2, -0.15) is 5.10 Å². The number of nitrogens with zero attached hydrogens (tertiary/aromatic N) is 4. The maximum absolute atomic E-state index is 12.5. The predicted molar refractivity (Wildman–Crippen MR) is 112 cm³/mol. The normalized spacial score (nSPS) is 10.9. The summed E-state index contributed by atoms with van der Waals surface area (Å²) < 4.78 is 1.60. The van der Waals surface area contributed by atoms with Gasteiger partial charge in [0.15, 0.2) is 17.3 Å². The van der Waals surface area contributed by atoms with Crippen LogP contribution in [0.25, 0.3) is 17.1 Å². The van der Waals surface area contributed by atoms with Crippen LogP contribution in [0, 0.1) is 0 Å². The molecule has 3 aromatic carbocycles. The lowest BCUT2D eigenvalue weighted by molar-refractivity contribution is 0.0945. The predicted octanol–water partition coefficient (Wildman–Crippen LogP) is 3.11. The maximum Gasteiger partial charge on any atom is 0.311 e. The zero-order valence-corrected chi connectivity index (χ0v) is 15.7. The number of hydrogen-bond acceptors (Lipinski definition) is 6. The van der Waals surface area contributed by atoms with E-state index in [1.807, 2.05) is 60.7 Å². The van der Waals surface area contributed by atoms with E-state index in [-0.39, 0.29) is 17.3 Å². The van der Waals surface area contributed by atoms with Gasteiger partial charge in [-0.05, 0) is 35.9 Å². The Labute approximate surface area is 171 Å². The van der Waals surface area contributed by atoms with Gasteiger partial charge in [0.25, 0.3) is 0 Å². The fourth-order valence-corrected chi connectivity index (χ4v) is 2.77. The Morgan fingerprint density at radius 2 is 1.63 bits per heavy atom. The van der Waals surface area contributed by atoms with Crippen molar-refractivity contribution >= 4 is 12.1 Å². The van der Waals surface area contributed by atoms with Crippen molar-refractivity contribution < 1.29 is 15.0 Å². The van der Waals surface area contributed by atoms with Crippen molar-refractivity contribution in [3.63, 3.8) is 0 Å². The number of rotatable bonds is 5. The Bertz CT molecular complexity index is 1150. The summed E-state index contributed by atoms with van der Waals surface area (Å²) >= 11 is 0. The molecule has 3 N–H and O–H groups in total. The van der Waals surface area contributed by atoms with E-state index >= 15 is 0 Å². The number of aromatic hydroxyl groups is 2. The summed E-state index contributed by atoms with van der Waals surface area (Å²) in [6.45, 7) is 0. The number of carbonyl (C=O) groups is 1. The monoisotopic (exact) mass is 399 g/mol. The van der Waals surface area contributed by atoms with Crippen LogP contribution < -0.4 is 5.43 Å². The molecule has 0 aliphatic heterocycles. The van der Waals surface area contributed by atoms with E-state index in [1.54, 1.807) is 10.7 Å². The highest BCUT2D eigenvalue weighted by molar-refractivity contribution is 5.92. The molecule has 4 rings (SSSR count). The molecule has 0 aliphatic rings. The van der Waals surface area contributed by atoms with Crippen LogP contribution in [0.1, 0.15) is 16.2 Å². The Morgan fingerprint density at radius 3 is 2.33 bits per heavy atom. The van der Waals surface area contributed by atoms with Crippen molar-refractivity contribution in [1.29, 1.82) is 0 Å². The number of phenolic OH excluding ortho intramolecular Hbond substituents is 2. The van der Waals surface area contributed by atoms with Crippen LogP contribution in [0.4, 0.5) is 0 Å². The van der Waals surface area contributed by atoms with Crippen LogP contribution in [0.2, 0.25) is 0 Å². The Balaban J connectivity index is 1.60. The quantitative estimate of drug-likeness (QED) is 0.271. The first-order chi connectivity index (χ1) is 14.6. The summed E-state index contributed by atoms with van der Waals surface area (Å²) in [5.74, 6) is -0.606. The van der Waals surface area contributed by atoms with Crippen LogP contribution in [-0.4, -0.2) is 37.1 Å². The molecular weight excluding hydrogens is 382 g/mol. The van der Waals surface area contributed by atoms with Gasteiger partial charge >= 0.3 is 5.91 Å². The highest BCUT2D eigenvalue weighted by atomic mass is 16.3. The minimum Gasteiger partial charge on any atom is -0.504 e. The number of para-hydroxylation sites is 1. The van der Waals surface area contributed by atoms with Crippen molar-refractivity contribution in [2.75, 3.05) is 0 Å². The number of aromatic nitrogens is 3. The molecule has 1 aromatic heterocycles. The van der Waals surface area contributed by atoms with Gasteiger partial charge in [0.2, 0.25) is 5.82 Å². The average Bonchev–Trinajstić information content (AvgIpc) is 3.23. The Morgan fingerprint density at radius 1 is 0.933 bits per heavy atom. The van der Waals surface area contributed by atoms with Gasteiger partial charge < -0.3 is 10.2 Å². The molecule has 0 unspecified atom stereocenters. The molecule has 4 aromatic rings. The topological polar surface area (TPSA) is 113 Å². The first kappa shape index (κ1) is 18.9. The molecule has 0 atom stereocenters. The summed E-state index contributed by atoms with van der Waals surface area (Å²) in [4.78, 5) is 16.9. The molecule has 1 heterocycles. The van der Waals surface area contributed by atoms with E-state index in [0.717, 1.165) is 11.3 Å². The van der Waals surface area contributed by atoms with Gasteiger partial charge in [-0.15, -0.1) is 5.10 Å². The van der Waals surface area contributed by atoms with Gasteiger partial charge in [0.1, 0.15) is 0 Å². The fraction of sp³-hybridized carbons (Fsp3) is 0. The van der Waals surface area contributed by atoms with Crippen LogP contribution in [0.3, 0.4) is 0 Å². The first-order valence-corrected chi connectivity index (χ1v) is 9.05. The summed E-state index contributed by atoms with van der Waals surface area (Å²) in [5.41, 5.74) is 4.46. The number of nitrogens with one attached hydrogen (secondary N) is 1. The van der Waals surface area contributed by atoms with E-state index in [1.165, 1.54) is 18.3 Å². The second-order valence-electron chi connectivity index (χ2n) is 6.32. The average molecular weight is 399 g/mol. The lowest BCUT2D eigenvalue weighted by Crippen LogP contribution is -2.19.